The number of ether oxygens (including phenoxy) is 3. The van der Waals surface area contributed by atoms with Crippen LogP contribution in [-0.2, 0) is 4.79 Å². The maximum Gasteiger partial charge on any atom is 0.308 e. The van der Waals surface area contributed by atoms with Gasteiger partial charge in [-0.2, -0.15) is 0 Å². The molecular formula is C21H23NO6. The smallest absolute Gasteiger partial charge is 0.308 e. The lowest BCUT2D eigenvalue weighted by Gasteiger charge is -2.20. The van der Waals surface area contributed by atoms with Gasteiger partial charge >= 0.3 is 5.97 Å². The molecular weight excluding hydrogens is 362 g/mol. The molecule has 0 unspecified atom stereocenters. The van der Waals surface area contributed by atoms with E-state index in [1.165, 1.54) is 21.3 Å². The summed E-state index contributed by atoms with van der Waals surface area (Å²) in [5, 5.41) is 9.67. The van der Waals surface area contributed by atoms with Gasteiger partial charge in [0.25, 0.3) is 5.91 Å². The minimum Gasteiger partial charge on any atom is -0.493 e. The Hall–Kier alpha value is -3.22. The number of carboxylic acid groups (broad SMARTS) is 1. The first-order valence-electron chi connectivity index (χ1n) is 8.87. The molecule has 0 aliphatic carbocycles. The molecule has 0 radical (unpaired) electrons. The molecule has 1 aliphatic rings. The average molecular weight is 385 g/mol. The fourth-order valence-corrected chi connectivity index (χ4v) is 3.70. The number of carbonyl (C=O) groups is 2. The van der Waals surface area contributed by atoms with E-state index < -0.39 is 11.9 Å². The fraction of sp³-hybridized carbons (Fsp3) is 0.333. The number of rotatable bonds is 6. The Morgan fingerprint density at radius 1 is 0.929 bits per heavy atom. The number of hydrogen-bond donors (Lipinski definition) is 1. The van der Waals surface area contributed by atoms with Crippen LogP contribution in [0, 0.1) is 5.92 Å². The Morgan fingerprint density at radius 2 is 1.61 bits per heavy atom. The lowest BCUT2D eigenvalue weighted by Crippen LogP contribution is -2.30. The summed E-state index contributed by atoms with van der Waals surface area (Å²) in [7, 11) is 4.42. The van der Waals surface area contributed by atoms with E-state index >= 15 is 0 Å². The van der Waals surface area contributed by atoms with Crippen molar-refractivity contribution in [2.75, 3.05) is 34.4 Å². The van der Waals surface area contributed by atoms with Crippen molar-refractivity contribution in [1.82, 2.24) is 4.90 Å². The normalized spacial score (nSPS) is 18.6. The predicted molar refractivity (Wildman–Crippen MR) is 102 cm³/mol. The van der Waals surface area contributed by atoms with Crippen molar-refractivity contribution in [3.63, 3.8) is 0 Å². The first kappa shape index (κ1) is 19.5. The van der Waals surface area contributed by atoms with Crippen molar-refractivity contribution < 1.29 is 28.9 Å². The summed E-state index contributed by atoms with van der Waals surface area (Å²) in [5.74, 6) is -1.12. The van der Waals surface area contributed by atoms with E-state index in [1.54, 1.807) is 17.0 Å². The van der Waals surface area contributed by atoms with Gasteiger partial charge < -0.3 is 24.2 Å². The highest BCUT2D eigenvalue weighted by Gasteiger charge is 2.41. The highest BCUT2D eigenvalue weighted by Crippen LogP contribution is 2.41. The second-order valence-corrected chi connectivity index (χ2v) is 6.55. The Labute approximate surface area is 163 Å². The number of methoxy groups -OCH3 is 3. The molecule has 1 N–H and O–H groups in total. The van der Waals surface area contributed by atoms with E-state index in [2.05, 4.69) is 0 Å². The number of benzene rings is 2. The second-order valence-electron chi connectivity index (χ2n) is 6.55. The van der Waals surface area contributed by atoms with Crippen LogP contribution in [-0.4, -0.2) is 56.3 Å². The highest BCUT2D eigenvalue weighted by atomic mass is 16.5. The summed E-state index contributed by atoms with van der Waals surface area (Å²) in [4.78, 5) is 26.5. The van der Waals surface area contributed by atoms with Crippen LogP contribution in [0.4, 0.5) is 0 Å². The van der Waals surface area contributed by atoms with Gasteiger partial charge in [0.2, 0.25) is 5.75 Å². The first-order chi connectivity index (χ1) is 13.5. The number of likely N-dealkylation sites (tertiary alicyclic amines) is 1. The SMILES string of the molecule is COc1ccc(C(=O)N2C[C@H](C(=O)O)[C@H](c3ccccc3)C2)c(OC)c1OC. The van der Waals surface area contributed by atoms with Crippen LogP contribution in [0.1, 0.15) is 21.8 Å². The van der Waals surface area contributed by atoms with Crippen LogP contribution in [0.15, 0.2) is 42.5 Å². The van der Waals surface area contributed by atoms with Crippen molar-refractivity contribution in [1.29, 1.82) is 0 Å². The molecule has 1 fully saturated rings. The van der Waals surface area contributed by atoms with E-state index in [1.807, 2.05) is 30.3 Å². The standard InChI is InChI=1S/C21H23NO6/c1-26-17-10-9-14(18(27-2)19(17)28-3)20(23)22-11-15(16(12-22)21(24)25)13-7-5-4-6-8-13/h4-10,15-16H,11-12H2,1-3H3,(H,24,25)/t15-,16-/m0/s1. The van der Waals surface area contributed by atoms with E-state index in [4.69, 9.17) is 14.2 Å². The molecule has 1 amide bonds. The second kappa shape index (κ2) is 8.21. The van der Waals surface area contributed by atoms with Crippen LogP contribution in [0.2, 0.25) is 0 Å². The number of carboxylic acids is 1. The molecule has 7 nitrogen and oxygen atoms in total. The Balaban J connectivity index is 1.94. The van der Waals surface area contributed by atoms with Crippen molar-refractivity contribution in [3.05, 3.63) is 53.6 Å². The van der Waals surface area contributed by atoms with E-state index in [9.17, 15) is 14.7 Å². The maximum atomic E-state index is 13.2. The molecule has 0 spiro atoms. The summed E-state index contributed by atoms with van der Waals surface area (Å²) >= 11 is 0. The van der Waals surface area contributed by atoms with Crippen LogP contribution >= 0.6 is 0 Å². The fourth-order valence-electron chi connectivity index (χ4n) is 3.70. The van der Waals surface area contributed by atoms with Crippen LogP contribution in [0.25, 0.3) is 0 Å². The van der Waals surface area contributed by atoms with Crippen LogP contribution < -0.4 is 14.2 Å². The van der Waals surface area contributed by atoms with Gasteiger partial charge in [0.15, 0.2) is 11.5 Å². The lowest BCUT2D eigenvalue weighted by atomic mass is 9.89. The molecule has 148 valence electrons. The Kier molecular flexibility index (Phi) is 5.73. The van der Waals surface area contributed by atoms with Crippen molar-refractivity contribution in [3.8, 4) is 17.2 Å². The van der Waals surface area contributed by atoms with E-state index in [-0.39, 0.29) is 24.1 Å². The number of aliphatic carboxylic acids is 1. The number of hydrogen-bond acceptors (Lipinski definition) is 5. The quantitative estimate of drug-likeness (QED) is 0.823. The molecule has 2 atom stereocenters. The van der Waals surface area contributed by atoms with Crippen molar-refractivity contribution in [2.24, 2.45) is 5.92 Å². The van der Waals surface area contributed by atoms with Gasteiger partial charge in [0.05, 0.1) is 32.8 Å². The highest BCUT2D eigenvalue weighted by molar-refractivity contribution is 5.99. The van der Waals surface area contributed by atoms with E-state index in [0.717, 1.165) is 5.56 Å². The number of nitrogens with zero attached hydrogens (tertiary/aromatic N) is 1. The molecule has 28 heavy (non-hydrogen) atoms. The van der Waals surface area contributed by atoms with Gasteiger partial charge in [0, 0.05) is 19.0 Å². The zero-order valence-electron chi connectivity index (χ0n) is 16.0. The number of amides is 1. The predicted octanol–water partition coefficient (Wildman–Crippen LogP) is 2.65. The molecule has 1 saturated heterocycles. The molecule has 2 aromatic carbocycles. The molecule has 0 saturated carbocycles. The first-order valence-corrected chi connectivity index (χ1v) is 8.87. The molecule has 1 aliphatic heterocycles. The molecule has 3 rings (SSSR count). The lowest BCUT2D eigenvalue weighted by molar-refractivity contribution is -0.141. The van der Waals surface area contributed by atoms with Crippen molar-refractivity contribution in [2.45, 2.75) is 5.92 Å². The average Bonchev–Trinajstić information content (AvgIpc) is 3.18. The van der Waals surface area contributed by atoms with Crippen molar-refractivity contribution >= 4 is 11.9 Å². The van der Waals surface area contributed by atoms with E-state index in [0.29, 0.717) is 23.6 Å². The van der Waals surface area contributed by atoms with Gasteiger partial charge in [-0.25, -0.2) is 0 Å². The largest absolute Gasteiger partial charge is 0.493 e. The third-order valence-corrected chi connectivity index (χ3v) is 5.09. The summed E-state index contributed by atoms with van der Waals surface area (Å²) in [5.41, 5.74) is 1.21. The summed E-state index contributed by atoms with van der Waals surface area (Å²) in [6.07, 6.45) is 0. The minimum atomic E-state index is -0.913. The third-order valence-electron chi connectivity index (χ3n) is 5.09. The van der Waals surface area contributed by atoms with Gasteiger partial charge in [0.1, 0.15) is 0 Å². The monoisotopic (exact) mass is 385 g/mol. The molecule has 7 heteroatoms. The minimum absolute atomic E-state index is 0.130. The summed E-state index contributed by atoms with van der Waals surface area (Å²) in [6, 6.07) is 12.6. The van der Waals surface area contributed by atoms with Gasteiger partial charge in [-0.3, -0.25) is 9.59 Å². The molecule has 0 aromatic heterocycles. The summed E-state index contributed by atoms with van der Waals surface area (Å²) in [6.45, 7) is 0.447. The molecule has 1 heterocycles. The topological polar surface area (TPSA) is 85.3 Å². The third kappa shape index (κ3) is 3.47. The zero-order valence-corrected chi connectivity index (χ0v) is 16.0. The number of carbonyl (C=O) groups excluding carboxylic acids is 1. The zero-order chi connectivity index (χ0) is 20.3. The van der Waals surface area contributed by atoms with Gasteiger partial charge in [-0.15, -0.1) is 0 Å². The Morgan fingerprint density at radius 3 is 2.18 bits per heavy atom. The maximum absolute atomic E-state index is 13.2. The van der Waals surface area contributed by atoms with Gasteiger partial charge in [-0.05, 0) is 17.7 Å². The molecule has 2 aromatic rings. The van der Waals surface area contributed by atoms with Crippen LogP contribution in [0.5, 0.6) is 17.2 Å². The van der Waals surface area contributed by atoms with Gasteiger partial charge in [-0.1, -0.05) is 30.3 Å². The Bertz CT molecular complexity index is 867. The van der Waals surface area contributed by atoms with Crippen LogP contribution in [0.3, 0.4) is 0 Å². The summed E-state index contributed by atoms with van der Waals surface area (Å²) < 4.78 is 16.0. The molecule has 0 bridgehead atoms.